The summed E-state index contributed by atoms with van der Waals surface area (Å²) in [6, 6.07) is 0.901. The van der Waals surface area contributed by atoms with Crippen molar-refractivity contribution < 1.29 is 0 Å². The molecule has 0 saturated heterocycles. The van der Waals surface area contributed by atoms with Gasteiger partial charge in [0, 0.05) is 12.1 Å². The zero-order valence-electron chi connectivity index (χ0n) is 11.9. The first kappa shape index (κ1) is 13.2. The summed E-state index contributed by atoms with van der Waals surface area (Å²) in [5, 5.41) is 8.16. The van der Waals surface area contributed by atoms with E-state index in [0.29, 0.717) is 12.1 Å². The molecule has 1 aliphatic rings. The molecule has 0 bridgehead atoms. The molecule has 18 heavy (non-hydrogen) atoms. The summed E-state index contributed by atoms with van der Waals surface area (Å²) < 4.78 is 2.02. The topological polar surface area (TPSA) is 55.9 Å². The van der Waals surface area contributed by atoms with Crippen LogP contribution in [0.2, 0.25) is 0 Å². The Morgan fingerprint density at radius 3 is 2.39 bits per heavy atom. The number of nitrogens with two attached hydrogens (primary N) is 1. The van der Waals surface area contributed by atoms with E-state index in [1.807, 2.05) is 11.6 Å². The third kappa shape index (κ3) is 2.79. The molecule has 4 heteroatoms. The lowest BCUT2D eigenvalue weighted by Gasteiger charge is -2.20. The Bertz CT molecular complexity index is 387. The average molecular weight is 250 g/mol. The van der Waals surface area contributed by atoms with Crippen LogP contribution in [0.25, 0.3) is 0 Å². The molecule has 0 spiro atoms. The van der Waals surface area contributed by atoms with Gasteiger partial charge in [-0.25, -0.2) is 4.68 Å². The minimum Gasteiger partial charge on any atom is -0.394 e. The highest BCUT2D eigenvalue weighted by Crippen LogP contribution is 2.28. The fourth-order valence-electron chi connectivity index (χ4n) is 2.69. The van der Waals surface area contributed by atoms with Crippen molar-refractivity contribution in [2.45, 2.75) is 71.4 Å². The summed E-state index contributed by atoms with van der Waals surface area (Å²) in [4.78, 5) is 0. The molecule has 0 radical (unpaired) electrons. The van der Waals surface area contributed by atoms with Crippen LogP contribution in [0.1, 0.15) is 64.1 Å². The molecule has 0 aliphatic heterocycles. The minimum atomic E-state index is 0.342. The maximum absolute atomic E-state index is 6.15. The van der Waals surface area contributed by atoms with Crippen LogP contribution >= 0.6 is 0 Å². The Hall–Kier alpha value is -1.19. The number of rotatable bonds is 3. The molecule has 3 N–H and O–H groups in total. The molecule has 102 valence electrons. The van der Waals surface area contributed by atoms with Crippen LogP contribution in [0.3, 0.4) is 0 Å². The lowest BCUT2D eigenvalue weighted by molar-refractivity contribution is 0.524. The summed E-state index contributed by atoms with van der Waals surface area (Å²) in [6.07, 6.45) is 7.90. The minimum absolute atomic E-state index is 0.342. The van der Waals surface area contributed by atoms with Gasteiger partial charge in [-0.3, -0.25) is 0 Å². The molecule has 1 heterocycles. The summed E-state index contributed by atoms with van der Waals surface area (Å²) in [6.45, 7) is 6.26. The van der Waals surface area contributed by atoms with Gasteiger partial charge in [-0.2, -0.15) is 5.10 Å². The molecule has 0 aromatic carbocycles. The van der Waals surface area contributed by atoms with E-state index in [9.17, 15) is 0 Å². The predicted octanol–water partition coefficient (Wildman–Crippen LogP) is 3.49. The highest BCUT2D eigenvalue weighted by Gasteiger charge is 2.19. The molecule has 1 aromatic rings. The van der Waals surface area contributed by atoms with Crippen molar-refractivity contribution in [3.05, 3.63) is 5.69 Å². The fourth-order valence-corrected chi connectivity index (χ4v) is 2.69. The molecule has 4 nitrogen and oxygen atoms in total. The van der Waals surface area contributed by atoms with Gasteiger partial charge in [-0.1, -0.05) is 25.7 Å². The predicted molar refractivity (Wildman–Crippen MR) is 76.9 cm³/mol. The standard InChI is InChI=1S/C14H26N4/c1-10(2)18-14(13(15)11(3)17-18)16-12-8-6-4-5-7-9-12/h10,12,16H,4-9,15H2,1-3H3. The third-order valence-corrected chi connectivity index (χ3v) is 3.82. The van der Waals surface area contributed by atoms with Crippen LogP contribution in [-0.2, 0) is 0 Å². The average Bonchev–Trinajstić information content (AvgIpc) is 2.56. The van der Waals surface area contributed by atoms with Gasteiger partial charge in [-0.05, 0) is 33.6 Å². The van der Waals surface area contributed by atoms with E-state index in [1.165, 1.54) is 38.5 Å². The molecule has 0 unspecified atom stereocenters. The molecular weight excluding hydrogens is 224 g/mol. The van der Waals surface area contributed by atoms with Crippen LogP contribution in [0.4, 0.5) is 11.5 Å². The quantitative estimate of drug-likeness (QED) is 0.807. The van der Waals surface area contributed by atoms with E-state index in [0.717, 1.165) is 17.2 Å². The van der Waals surface area contributed by atoms with Crippen molar-refractivity contribution in [2.24, 2.45) is 0 Å². The van der Waals surface area contributed by atoms with E-state index in [4.69, 9.17) is 5.73 Å². The molecule has 0 atom stereocenters. The summed E-state index contributed by atoms with van der Waals surface area (Å²) >= 11 is 0. The molecule has 1 saturated carbocycles. The number of nitrogens with one attached hydrogen (secondary N) is 1. The van der Waals surface area contributed by atoms with E-state index in [-0.39, 0.29) is 0 Å². The monoisotopic (exact) mass is 250 g/mol. The first-order valence-corrected chi connectivity index (χ1v) is 7.20. The lowest BCUT2D eigenvalue weighted by Crippen LogP contribution is -2.22. The molecule has 1 fully saturated rings. The van der Waals surface area contributed by atoms with Gasteiger partial charge in [0.1, 0.15) is 5.82 Å². The third-order valence-electron chi connectivity index (χ3n) is 3.82. The highest BCUT2D eigenvalue weighted by atomic mass is 15.4. The zero-order chi connectivity index (χ0) is 13.1. The van der Waals surface area contributed by atoms with Crippen LogP contribution in [-0.4, -0.2) is 15.8 Å². The number of aromatic nitrogens is 2. The van der Waals surface area contributed by atoms with Crippen LogP contribution in [0.15, 0.2) is 0 Å². The van der Waals surface area contributed by atoms with E-state index in [2.05, 4.69) is 24.3 Å². The summed E-state index contributed by atoms with van der Waals surface area (Å²) in [7, 11) is 0. The van der Waals surface area contributed by atoms with Crippen molar-refractivity contribution in [3.8, 4) is 0 Å². The highest BCUT2D eigenvalue weighted by molar-refractivity contribution is 5.65. The van der Waals surface area contributed by atoms with Crippen molar-refractivity contribution in [1.29, 1.82) is 0 Å². The molecule has 1 aliphatic carbocycles. The largest absolute Gasteiger partial charge is 0.394 e. The second-order valence-electron chi connectivity index (χ2n) is 5.72. The number of nitrogen functional groups attached to an aromatic ring is 1. The number of nitrogens with zero attached hydrogens (tertiary/aromatic N) is 2. The van der Waals surface area contributed by atoms with Crippen LogP contribution in [0, 0.1) is 6.92 Å². The Labute approximate surface area is 110 Å². The molecule has 2 rings (SSSR count). The van der Waals surface area contributed by atoms with Gasteiger partial charge in [0.2, 0.25) is 0 Å². The summed E-state index contributed by atoms with van der Waals surface area (Å²) in [5.41, 5.74) is 7.89. The first-order valence-electron chi connectivity index (χ1n) is 7.20. The van der Waals surface area contributed by atoms with E-state index >= 15 is 0 Å². The van der Waals surface area contributed by atoms with Gasteiger partial charge in [0.25, 0.3) is 0 Å². The first-order chi connectivity index (χ1) is 8.59. The van der Waals surface area contributed by atoms with Gasteiger partial charge in [-0.15, -0.1) is 0 Å². The number of hydrogen-bond donors (Lipinski definition) is 2. The number of aryl methyl sites for hydroxylation is 1. The van der Waals surface area contributed by atoms with E-state index in [1.54, 1.807) is 0 Å². The Balaban J connectivity index is 2.16. The van der Waals surface area contributed by atoms with Gasteiger partial charge < -0.3 is 11.1 Å². The second kappa shape index (κ2) is 5.63. The van der Waals surface area contributed by atoms with Crippen molar-refractivity contribution in [1.82, 2.24) is 9.78 Å². The van der Waals surface area contributed by atoms with Crippen LogP contribution in [0.5, 0.6) is 0 Å². The fraction of sp³-hybridized carbons (Fsp3) is 0.786. The zero-order valence-corrected chi connectivity index (χ0v) is 11.9. The van der Waals surface area contributed by atoms with Crippen molar-refractivity contribution in [2.75, 3.05) is 11.1 Å². The lowest BCUT2D eigenvalue weighted by atomic mass is 10.1. The van der Waals surface area contributed by atoms with Gasteiger partial charge in [0.15, 0.2) is 0 Å². The van der Waals surface area contributed by atoms with Gasteiger partial charge in [0.05, 0.1) is 11.4 Å². The molecule has 0 amide bonds. The molecular formula is C14H26N4. The normalized spacial score (nSPS) is 18.0. The summed E-state index contributed by atoms with van der Waals surface area (Å²) in [5.74, 6) is 1.02. The Morgan fingerprint density at radius 2 is 1.83 bits per heavy atom. The smallest absolute Gasteiger partial charge is 0.148 e. The second-order valence-corrected chi connectivity index (χ2v) is 5.72. The van der Waals surface area contributed by atoms with Crippen molar-refractivity contribution >= 4 is 11.5 Å². The SMILES string of the molecule is Cc1nn(C(C)C)c(NC2CCCCCC2)c1N. The Kier molecular flexibility index (Phi) is 4.15. The van der Waals surface area contributed by atoms with Crippen LogP contribution < -0.4 is 11.1 Å². The Morgan fingerprint density at radius 1 is 1.22 bits per heavy atom. The number of anilines is 2. The maximum Gasteiger partial charge on any atom is 0.148 e. The van der Waals surface area contributed by atoms with Crippen molar-refractivity contribution in [3.63, 3.8) is 0 Å². The van der Waals surface area contributed by atoms with E-state index < -0.39 is 0 Å². The van der Waals surface area contributed by atoms with Gasteiger partial charge >= 0.3 is 0 Å². The molecule has 1 aromatic heterocycles. The number of hydrogen-bond acceptors (Lipinski definition) is 3. The maximum atomic E-state index is 6.15.